The monoisotopic (exact) mass is 368 g/mol. The summed E-state index contributed by atoms with van der Waals surface area (Å²) in [6.45, 7) is 2.35. The molecule has 0 atom stereocenters. The summed E-state index contributed by atoms with van der Waals surface area (Å²) in [6, 6.07) is 15.0. The molecule has 8 nitrogen and oxygen atoms in total. The standard InChI is InChI=1S/C19H20N4O4/c24-18(20-16-6-2-1-3-7-16)14-21-9-11-22(12-10-21)19(25)15-5-4-8-17(13-15)23(26)27/h1-8,13H,9-12,14H2,(H,20,24). The molecule has 0 aromatic heterocycles. The topological polar surface area (TPSA) is 95.8 Å². The summed E-state index contributed by atoms with van der Waals surface area (Å²) in [5, 5.41) is 13.7. The smallest absolute Gasteiger partial charge is 0.270 e. The van der Waals surface area contributed by atoms with E-state index in [9.17, 15) is 19.7 Å². The van der Waals surface area contributed by atoms with Crippen LogP contribution < -0.4 is 5.32 Å². The molecule has 2 aromatic rings. The Balaban J connectivity index is 1.51. The molecule has 1 heterocycles. The van der Waals surface area contributed by atoms with Gasteiger partial charge in [-0.15, -0.1) is 0 Å². The third-order valence-electron chi connectivity index (χ3n) is 4.39. The first-order chi connectivity index (χ1) is 13.0. The second-order valence-electron chi connectivity index (χ2n) is 6.29. The molecule has 1 saturated heterocycles. The first-order valence-electron chi connectivity index (χ1n) is 8.64. The Kier molecular flexibility index (Phi) is 5.77. The molecular formula is C19H20N4O4. The lowest BCUT2D eigenvalue weighted by molar-refractivity contribution is -0.384. The van der Waals surface area contributed by atoms with Crippen LogP contribution >= 0.6 is 0 Å². The van der Waals surface area contributed by atoms with E-state index in [-0.39, 0.29) is 24.0 Å². The molecule has 0 spiro atoms. The number of piperazine rings is 1. The van der Waals surface area contributed by atoms with Crippen molar-refractivity contribution in [2.24, 2.45) is 0 Å². The van der Waals surface area contributed by atoms with Gasteiger partial charge in [-0.25, -0.2) is 0 Å². The maximum Gasteiger partial charge on any atom is 0.270 e. The van der Waals surface area contributed by atoms with Gasteiger partial charge < -0.3 is 10.2 Å². The van der Waals surface area contributed by atoms with Crippen molar-refractivity contribution in [2.45, 2.75) is 0 Å². The fourth-order valence-electron chi connectivity index (χ4n) is 2.97. The number of rotatable bonds is 5. The van der Waals surface area contributed by atoms with Crippen molar-refractivity contribution < 1.29 is 14.5 Å². The van der Waals surface area contributed by atoms with Crippen molar-refractivity contribution >= 4 is 23.2 Å². The minimum absolute atomic E-state index is 0.0975. The fraction of sp³-hybridized carbons (Fsp3) is 0.263. The summed E-state index contributed by atoms with van der Waals surface area (Å²) in [6.07, 6.45) is 0. The highest BCUT2D eigenvalue weighted by Crippen LogP contribution is 2.16. The van der Waals surface area contributed by atoms with E-state index in [1.165, 1.54) is 18.2 Å². The number of carbonyl (C=O) groups excluding carboxylic acids is 2. The van der Waals surface area contributed by atoms with Gasteiger partial charge in [0.1, 0.15) is 0 Å². The number of amides is 2. The van der Waals surface area contributed by atoms with E-state index >= 15 is 0 Å². The Hall–Kier alpha value is -3.26. The van der Waals surface area contributed by atoms with Crippen LogP contribution in [-0.2, 0) is 4.79 Å². The van der Waals surface area contributed by atoms with Gasteiger partial charge in [-0.1, -0.05) is 24.3 Å². The number of nitro groups is 1. The summed E-state index contributed by atoms with van der Waals surface area (Å²) < 4.78 is 0. The van der Waals surface area contributed by atoms with Crippen molar-refractivity contribution in [2.75, 3.05) is 38.0 Å². The molecule has 1 aliphatic rings. The normalized spacial score (nSPS) is 14.6. The van der Waals surface area contributed by atoms with E-state index in [4.69, 9.17) is 0 Å². The van der Waals surface area contributed by atoms with E-state index in [1.54, 1.807) is 11.0 Å². The van der Waals surface area contributed by atoms with Gasteiger partial charge >= 0.3 is 0 Å². The zero-order valence-electron chi connectivity index (χ0n) is 14.7. The Morgan fingerprint density at radius 3 is 2.37 bits per heavy atom. The molecule has 0 aliphatic carbocycles. The average molecular weight is 368 g/mol. The quantitative estimate of drug-likeness (QED) is 0.643. The third-order valence-corrected chi connectivity index (χ3v) is 4.39. The Bertz CT molecular complexity index is 833. The molecule has 3 rings (SSSR count). The summed E-state index contributed by atoms with van der Waals surface area (Å²) in [5.74, 6) is -0.327. The fourth-order valence-corrected chi connectivity index (χ4v) is 2.97. The summed E-state index contributed by atoms with van der Waals surface area (Å²) in [4.78, 5) is 38.7. The number of hydrogen-bond acceptors (Lipinski definition) is 5. The van der Waals surface area contributed by atoms with Crippen LogP contribution in [0.4, 0.5) is 11.4 Å². The highest BCUT2D eigenvalue weighted by atomic mass is 16.6. The first kappa shape index (κ1) is 18.5. The van der Waals surface area contributed by atoms with Crippen LogP contribution in [0.2, 0.25) is 0 Å². The van der Waals surface area contributed by atoms with Crippen molar-refractivity contribution in [3.8, 4) is 0 Å². The molecule has 1 aliphatic heterocycles. The number of carbonyl (C=O) groups is 2. The van der Waals surface area contributed by atoms with Gasteiger partial charge in [-0.2, -0.15) is 0 Å². The number of hydrogen-bond donors (Lipinski definition) is 1. The highest BCUT2D eigenvalue weighted by molar-refractivity contribution is 5.95. The maximum atomic E-state index is 12.6. The number of nitro benzene ring substituents is 1. The molecule has 1 N–H and O–H groups in total. The first-order valence-corrected chi connectivity index (χ1v) is 8.64. The SMILES string of the molecule is O=C(CN1CCN(C(=O)c2cccc([N+](=O)[O-])c2)CC1)Nc1ccccc1. The van der Waals surface area contributed by atoms with Crippen LogP contribution in [-0.4, -0.2) is 59.3 Å². The van der Waals surface area contributed by atoms with E-state index < -0.39 is 4.92 Å². The summed E-state index contributed by atoms with van der Waals surface area (Å²) in [7, 11) is 0. The highest BCUT2D eigenvalue weighted by Gasteiger charge is 2.24. The molecule has 2 aromatic carbocycles. The molecule has 1 fully saturated rings. The van der Waals surface area contributed by atoms with Gasteiger partial charge in [0.25, 0.3) is 11.6 Å². The predicted octanol–water partition coefficient (Wildman–Crippen LogP) is 1.99. The molecule has 140 valence electrons. The van der Waals surface area contributed by atoms with Gasteiger partial charge in [0.15, 0.2) is 0 Å². The van der Waals surface area contributed by atoms with E-state index in [0.717, 1.165) is 5.69 Å². The lowest BCUT2D eigenvalue weighted by Gasteiger charge is -2.34. The zero-order valence-corrected chi connectivity index (χ0v) is 14.7. The van der Waals surface area contributed by atoms with Gasteiger partial charge in [0.05, 0.1) is 11.5 Å². The molecule has 27 heavy (non-hydrogen) atoms. The minimum atomic E-state index is -0.514. The van der Waals surface area contributed by atoms with Gasteiger partial charge in [0, 0.05) is 49.6 Å². The number of benzene rings is 2. The molecule has 0 unspecified atom stereocenters. The molecule has 0 saturated carbocycles. The number of nitrogens with one attached hydrogen (secondary N) is 1. The molecule has 0 radical (unpaired) electrons. The van der Waals surface area contributed by atoms with E-state index in [1.807, 2.05) is 35.2 Å². The lowest BCUT2D eigenvalue weighted by Crippen LogP contribution is -2.50. The van der Waals surface area contributed by atoms with Crippen LogP contribution in [0.5, 0.6) is 0 Å². The van der Waals surface area contributed by atoms with E-state index in [0.29, 0.717) is 31.7 Å². The second kappa shape index (κ2) is 8.41. The van der Waals surface area contributed by atoms with Crippen LogP contribution in [0.1, 0.15) is 10.4 Å². The molecular weight excluding hydrogens is 348 g/mol. The second-order valence-corrected chi connectivity index (χ2v) is 6.29. The Morgan fingerprint density at radius 2 is 1.70 bits per heavy atom. The van der Waals surface area contributed by atoms with Crippen LogP contribution in [0.3, 0.4) is 0 Å². The number of nitrogens with zero attached hydrogens (tertiary/aromatic N) is 3. The predicted molar refractivity (Wildman–Crippen MR) is 101 cm³/mol. The number of anilines is 1. The summed E-state index contributed by atoms with van der Waals surface area (Å²) in [5.41, 5.74) is 0.957. The Labute approximate surface area is 156 Å². The largest absolute Gasteiger partial charge is 0.336 e. The van der Waals surface area contributed by atoms with Crippen molar-refractivity contribution in [3.05, 3.63) is 70.3 Å². The lowest BCUT2D eigenvalue weighted by atomic mass is 10.1. The number of non-ortho nitro benzene ring substituents is 1. The molecule has 0 bridgehead atoms. The third kappa shape index (κ3) is 4.89. The van der Waals surface area contributed by atoms with Crippen LogP contribution in [0.15, 0.2) is 54.6 Å². The average Bonchev–Trinajstić information content (AvgIpc) is 2.69. The van der Waals surface area contributed by atoms with Crippen molar-refractivity contribution in [1.29, 1.82) is 0 Å². The van der Waals surface area contributed by atoms with Crippen LogP contribution in [0.25, 0.3) is 0 Å². The Morgan fingerprint density at radius 1 is 1.00 bits per heavy atom. The van der Waals surface area contributed by atoms with Gasteiger partial charge in [0.2, 0.25) is 5.91 Å². The number of para-hydroxylation sites is 1. The summed E-state index contributed by atoms with van der Waals surface area (Å²) >= 11 is 0. The van der Waals surface area contributed by atoms with Gasteiger partial charge in [-0.3, -0.25) is 24.6 Å². The zero-order chi connectivity index (χ0) is 19.2. The molecule has 2 amide bonds. The van der Waals surface area contributed by atoms with Crippen LogP contribution in [0, 0.1) is 10.1 Å². The van der Waals surface area contributed by atoms with E-state index in [2.05, 4.69) is 5.32 Å². The van der Waals surface area contributed by atoms with Crippen molar-refractivity contribution in [3.63, 3.8) is 0 Å². The van der Waals surface area contributed by atoms with Crippen molar-refractivity contribution in [1.82, 2.24) is 9.80 Å². The maximum absolute atomic E-state index is 12.6. The minimum Gasteiger partial charge on any atom is -0.336 e. The van der Waals surface area contributed by atoms with Gasteiger partial charge in [-0.05, 0) is 18.2 Å². The molecule has 8 heteroatoms.